The molecule has 3 N–H and O–H groups in total. The third-order valence-electron chi connectivity index (χ3n) is 2.50. The predicted molar refractivity (Wildman–Crippen MR) is 67.6 cm³/mol. The standard InChI is InChI=1S/C13H17FN2O3/c14-11-3-1-2-10(6-11)8-16-13(19)7-12(18)4-5-15-9-17/h1-3,6,9,12,18H,4-5,7-8H2,(H,15,17)(H,16,19). The van der Waals surface area contributed by atoms with Crippen LogP contribution in [0.3, 0.4) is 0 Å². The van der Waals surface area contributed by atoms with Gasteiger partial charge in [0.1, 0.15) is 5.82 Å². The van der Waals surface area contributed by atoms with Crippen molar-refractivity contribution >= 4 is 12.3 Å². The van der Waals surface area contributed by atoms with Gasteiger partial charge >= 0.3 is 0 Å². The molecule has 0 aliphatic heterocycles. The van der Waals surface area contributed by atoms with Crippen LogP contribution in [-0.4, -0.2) is 30.1 Å². The van der Waals surface area contributed by atoms with Gasteiger partial charge in [-0.15, -0.1) is 0 Å². The predicted octanol–water partition coefficient (Wildman–Crippen LogP) is 0.329. The summed E-state index contributed by atoms with van der Waals surface area (Å²) in [6.45, 7) is 0.539. The van der Waals surface area contributed by atoms with Crippen LogP contribution < -0.4 is 10.6 Å². The number of rotatable bonds is 8. The van der Waals surface area contributed by atoms with Gasteiger partial charge in [-0.05, 0) is 24.1 Å². The maximum absolute atomic E-state index is 12.9. The molecule has 1 aromatic carbocycles. The lowest BCUT2D eigenvalue weighted by Crippen LogP contribution is -2.28. The van der Waals surface area contributed by atoms with Crippen molar-refractivity contribution in [3.63, 3.8) is 0 Å². The first-order chi connectivity index (χ1) is 9.11. The van der Waals surface area contributed by atoms with E-state index < -0.39 is 6.10 Å². The molecule has 1 aromatic rings. The van der Waals surface area contributed by atoms with Gasteiger partial charge in [0.05, 0.1) is 12.5 Å². The van der Waals surface area contributed by atoms with E-state index in [1.807, 2.05) is 0 Å². The second-order valence-corrected chi connectivity index (χ2v) is 4.13. The third-order valence-corrected chi connectivity index (χ3v) is 2.50. The summed E-state index contributed by atoms with van der Waals surface area (Å²) in [7, 11) is 0. The lowest BCUT2D eigenvalue weighted by atomic mass is 10.1. The molecule has 104 valence electrons. The highest BCUT2D eigenvalue weighted by molar-refractivity contribution is 5.76. The smallest absolute Gasteiger partial charge is 0.222 e. The van der Waals surface area contributed by atoms with Crippen molar-refractivity contribution in [3.05, 3.63) is 35.6 Å². The fraction of sp³-hybridized carbons (Fsp3) is 0.385. The Bertz CT molecular complexity index is 426. The molecule has 0 bridgehead atoms. The van der Waals surface area contributed by atoms with Crippen molar-refractivity contribution in [2.45, 2.75) is 25.5 Å². The van der Waals surface area contributed by atoms with Crippen LogP contribution in [-0.2, 0) is 16.1 Å². The number of aliphatic hydroxyl groups excluding tert-OH is 1. The van der Waals surface area contributed by atoms with Crippen molar-refractivity contribution < 1.29 is 19.1 Å². The molecule has 0 saturated carbocycles. The molecule has 0 aliphatic carbocycles. The van der Waals surface area contributed by atoms with Gasteiger partial charge in [0.15, 0.2) is 0 Å². The number of hydrogen-bond acceptors (Lipinski definition) is 3. The Balaban J connectivity index is 2.25. The molecule has 0 aromatic heterocycles. The van der Waals surface area contributed by atoms with Gasteiger partial charge in [-0.1, -0.05) is 12.1 Å². The van der Waals surface area contributed by atoms with Crippen LogP contribution in [0.4, 0.5) is 4.39 Å². The number of carbonyl (C=O) groups is 2. The zero-order valence-electron chi connectivity index (χ0n) is 10.4. The van der Waals surface area contributed by atoms with Gasteiger partial charge in [-0.2, -0.15) is 0 Å². The van der Waals surface area contributed by atoms with Gasteiger partial charge in [-0.25, -0.2) is 4.39 Å². The summed E-state index contributed by atoms with van der Waals surface area (Å²) in [5.74, 6) is -0.672. The van der Waals surface area contributed by atoms with Crippen LogP contribution in [0.1, 0.15) is 18.4 Å². The van der Waals surface area contributed by atoms with Crippen molar-refractivity contribution in [2.75, 3.05) is 6.54 Å². The molecule has 19 heavy (non-hydrogen) atoms. The Morgan fingerprint density at radius 3 is 2.95 bits per heavy atom. The summed E-state index contributed by atoms with van der Waals surface area (Å²) >= 11 is 0. The minimum absolute atomic E-state index is 0.0458. The van der Waals surface area contributed by atoms with E-state index in [9.17, 15) is 19.1 Å². The zero-order valence-corrected chi connectivity index (χ0v) is 10.4. The maximum Gasteiger partial charge on any atom is 0.222 e. The molecule has 0 heterocycles. The van der Waals surface area contributed by atoms with Crippen LogP contribution >= 0.6 is 0 Å². The number of hydrogen-bond donors (Lipinski definition) is 3. The molecule has 1 atom stereocenters. The largest absolute Gasteiger partial charge is 0.393 e. The molecule has 0 radical (unpaired) electrons. The van der Waals surface area contributed by atoms with Gasteiger partial charge < -0.3 is 15.7 Å². The Labute approximate surface area is 110 Å². The highest BCUT2D eigenvalue weighted by Crippen LogP contribution is 2.03. The molecule has 6 heteroatoms. The van der Waals surface area contributed by atoms with Crippen LogP contribution in [0.2, 0.25) is 0 Å². The normalized spacial score (nSPS) is 11.7. The first-order valence-corrected chi connectivity index (χ1v) is 5.98. The first kappa shape index (κ1) is 15.1. The summed E-state index contributed by atoms with van der Waals surface area (Å²) in [5.41, 5.74) is 0.658. The van der Waals surface area contributed by atoms with Gasteiger partial charge in [0.2, 0.25) is 12.3 Å². The second kappa shape index (κ2) is 8.20. The van der Waals surface area contributed by atoms with Crippen LogP contribution in [0.5, 0.6) is 0 Å². The molecule has 0 aliphatic rings. The molecular formula is C13H17FN2O3. The van der Waals surface area contributed by atoms with Gasteiger partial charge in [0.25, 0.3) is 0 Å². The summed E-state index contributed by atoms with van der Waals surface area (Å²) < 4.78 is 12.9. The average Bonchev–Trinajstić information content (AvgIpc) is 2.37. The van der Waals surface area contributed by atoms with Crippen LogP contribution in [0, 0.1) is 5.82 Å². The van der Waals surface area contributed by atoms with Crippen molar-refractivity contribution in [3.8, 4) is 0 Å². The Hall–Kier alpha value is -1.95. The van der Waals surface area contributed by atoms with E-state index in [0.717, 1.165) is 0 Å². The molecule has 0 spiro atoms. The molecule has 1 unspecified atom stereocenters. The van der Waals surface area contributed by atoms with E-state index >= 15 is 0 Å². The summed E-state index contributed by atoms with van der Waals surface area (Å²) in [6.07, 6.45) is -0.00131. The molecule has 1 rings (SSSR count). The van der Waals surface area contributed by atoms with E-state index in [0.29, 0.717) is 24.9 Å². The number of amides is 2. The van der Waals surface area contributed by atoms with E-state index in [2.05, 4.69) is 10.6 Å². The maximum atomic E-state index is 12.9. The number of nitrogens with one attached hydrogen (secondary N) is 2. The van der Waals surface area contributed by atoms with E-state index in [-0.39, 0.29) is 24.7 Å². The average molecular weight is 268 g/mol. The Kier molecular flexibility index (Phi) is 6.52. The number of carbonyl (C=O) groups excluding carboxylic acids is 2. The highest BCUT2D eigenvalue weighted by Gasteiger charge is 2.10. The number of halogens is 1. The lowest BCUT2D eigenvalue weighted by molar-refractivity contribution is -0.123. The monoisotopic (exact) mass is 268 g/mol. The molecule has 0 fully saturated rings. The van der Waals surface area contributed by atoms with Crippen LogP contribution in [0.15, 0.2) is 24.3 Å². The van der Waals surface area contributed by atoms with E-state index in [4.69, 9.17) is 0 Å². The van der Waals surface area contributed by atoms with E-state index in [1.165, 1.54) is 12.1 Å². The number of aliphatic hydroxyl groups is 1. The topological polar surface area (TPSA) is 78.4 Å². The Morgan fingerprint density at radius 1 is 1.47 bits per heavy atom. The summed E-state index contributed by atoms with van der Waals surface area (Å²) in [4.78, 5) is 21.5. The highest BCUT2D eigenvalue weighted by atomic mass is 19.1. The SMILES string of the molecule is O=CNCCC(O)CC(=O)NCc1cccc(F)c1. The lowest BCUT2D eigenvalue weighted by Gasteiger charge is -2.10. The van der Waals surface area contributed by atoms with Crippen LogP contribution in [0.25, 0.3) is 0 Å². The summed E-state index contributed by atoms with van der Waals surface area (Å²) in [6, 6.07) is 5.93. The second-order valence-electron chi connectivity index (χ2n) is 4.13. The fourth-order valence-corrected chi connectivity index (χ4v) is 1.54. The molecule has 5 nitrogen and oxygen atoms in total. The third kappa shape index (κ3) is 6.52. The fourth-order valence-electron chi connectivity index (χ4n) is 1.54. The number of benzene rings is 1. The minimum atomic E-state index is -0.806. The first-order valence-electron chi connectivity index (χ1n) is 5.98. The summed E-state index contributed by atoms with van der Waals surface area (Å²) in [5, 5.41) is 14.5. The zero-order chi connectivity index (χ0) is 14.1. The Morgan fingerprint density at radius 2 is 2.26 bits per heavy atom. The van der Waals surface area contributed by atoms with Crippen molar-refractivity contribution in [1.82, 2.24) is 10.6 Å². The molecule has 2 amide bonds. The van der Waals surface area contributed by atoms with Gasteiger partial charge in [0, 0.05) is 13.1 Å². The molecular weight excluding hydrogens is 251 g/mol. The van der Waals surface area contributed by atoms with E-state index in [1.54, 1.807) is 12.1 Å². The quantitative estimate of drug-likeness (QED) is 0.469. The molecule has 0 saturated heterocycles. The van der Waals surface area contributed by atoms with Crippen molar-refractivity contribution in [1.29, 1.82) is 0 Å². The minimum Gasteiger partial charge on any atom is -0.393 e. The van der Waals surface area contributed by atoms with Gasteiger partial charge in [-0.3, -0.25) is 9.59 Å². The van der Waals surface area contributed by atoms with Crippen molar-refractivity contribution in [2.24, 2.45) is 0 Å².